The van der Waals surface area contributed by atoms with Gasteiger partial charge in [0.25, 0.3) is 5.91 Å². The molecule has 0 saturated carbocycles. The maximum Gasteiger partial charge on any atom is 0.328 e. The number of fused-ring (bicyclic) bond motifs is 1. The van der Waals surface area contributed by atoms with E-state index in [1.165, 1.54) is 0 Å². The molecule has 1 N–H and O–H groups in total. The third-order valence-electron chi connectivity index (χ3n) is 5.43. The summed E-state index contributed by atoms with van der Waals surface area (Å²) in [6.07, 6.45) is 0.496. The van der Waals surface area contributed by atoms with Crippen LogP contribution in [-0.4, -0.2) is 44.9 Å². The average molecular weight is 396 g/mol. The fraction of sp³-hybridized carbons (Fsp3) is 0.435. The molecule has 154 valence electrons. The van der Waals surface area contributed by atoms with Crippen LogP contribution in [0.4, 0.5) is 4.79 Å². The molecule has 2 aromatic rings. The van der Waals surface area contributed by atoms with Crippen molar-refractivity contribution in [3.8, 4) is 0 Å². The van der Waals surface area contributed by atoms with Gasteiger partial charge in [-0.3, -0.25) is 4.79 Å². The van der Waals surface area contributed by atoms with Crippen molar-refractivity contribution in [2.45, 2.75) is 52.7 Å². The Labute approximate surface area is 171 Å². The van der Waals surface area contributed by atoms with Gasteiger partial charge in [0.15, 0.2) is 0 Å². The average Bonchev–Trinajstić information content (AvgIpc) is 2.86. The number of urea groups is 1. The van der Waals surface area contributed by atoms with E-state index in [0.717, 1.165) is 21.2 Å². The van der Waals surface area contributed by atoms with E-state index < -0.39 is 30.0 Å². The van der Waals surface area contributed by atoms with Crippen molar-refractivity contribution >= 4 is 28.7 Å². The van der Waals surface area contributed by atoms with E-state index in [1.54, 1.807) is 18.7 Å². The number of hydrogen-bond acceptors (Lipinski definition) is 3. The molecule has 0 bridgehead atoms. The Kier molecular flexibility index (Phi) is 5.91. The maximum atomic E-state index is 13.3. The van der Waals surface area contributed by atoms with Crippen molar-refractivity contribution in [2.75, 3.05) is 0 Å². The summed E-state index contributed by atoms with van der Waals surface area (Å²) in [5.74, 6) is -1.76. The van der Waals surface area contributed by atoms with Crippen LogP contribution in [0, 0.1) is 11.8 Å². The number of carbonyl (C=O) groups is 3. The third-order valence-corrected chi connectivity index (χ3v) is 5.43. The lowest BCUT2D eigenvalue weighted by atomic mass is 9.99. The van der Waals surface area contributed by atoms with E-state index in [1.807, 2.05) is 56.3 Å². The zero-order chi connectivity index (χ0) is 21.3. The Balaban J connectivity index is 2.01. The highest BCUT2D eigenvalue weighted by atomic mass is 16.4. The van der Waals surface area contributed by atoms with Crippen LogP contribution in [0.3, 0.4) is 0 Å². The van der Waals surface area contributed by atoms with Gasteiger partial charge in [0, 0.05) is 6.54 Å². The Morgan fingerprint density at radius 1 is 1.03 bits per heavy atom. The molecule has 0 aromatic heterocycles. The normalized spacial score (nSPS) is 18.3. The molecule has 0 radical (unpaired) electrons. The zero-order valence-electron chi connectivity index (χ0n) is 17.3. The van der Waals surface area contributed by atoms with Gasteiger partial charge >= 0.3 is 12.0 Å². The van der Waals surface area contributed by atoms with Crippen LogP contribution in [0.15, 0.2) is 42.5 Å². The van der Waals surface area contributed by atoms with Crippen LogP contribution in [0.5, 0.6) is 0 Å². The summed E-state index contributed by atoms with van der Waals surface area (Å²) < 4.78 is 0. The summed E-state index contributed by atoms with van der Waals surface area (Å²) in [5, 5.41) is 11.7. The Morgan fingerprint density at radius 2 is 1.69 bits per heavy atom. The Hall–Kier alpha value is -2.89. The van der Waals surface area contributed by atoms with E-state index in [-0.39, 0.29) is 18.4 Å². The quantitative estimate of drug-likeness (QED) is 0.714. The molecule has 1 fully saturated rings. The summed E-state index contributed by atoms with van der Waals surface area (Å²) in [6, 6.07) is 11.5. The largest absolute Gasteiger partial charge is 0.480 e. The molecule has 1 heterocycles. The molecular formula is C23H28N2O4. The fourth-order valence-electron chi connectivity index (χ4n) is 4.08. The monoisotopic (exact) mass is 396 g/mol. The molecule has 1 aliphatic heterocycles. The van der Waals surface area contributed by atoms with Gasteiger partial charge in [-0.15, -0.1) is 0 Å². The maximum absolute atomic E-state index is 13.3. The van der Waals surface area contributed by atoms with E-state index >= 15 is 0 Å². The molecule has 6 nitrogen and oxygen atoms in total. The van der Waals surface area contributed by atoms with Gasteiger partial charge in [0.05, 0.1) is 0 Å². The van der Waals surface area contributed by atoms with Gasteiger partial charge in [-0.2, -0.15) is 0 Å². The van der Waals surface area contributed by atoms with Crippen molar-refractivity contribution in [3.05, 3.63) is 48.0 Å². The molecule has 3 rings (SSSR count). The van der Waals surface area contributed by atoms with E-state index in [2.05, 4.69) is 0 Å². The first-order valence-corrected chi connectivity index (χ1v) is 10.1. The first-order chi connectivity index (χ1) is 13.7. The van der Waals surface area contributed by atoms with Gasteiger partial charge in [0.1, 0.15) is 12.1 Å². The molecule has 1 saturated heterocycles. The number of carboxylic acids is 1. The first kappa shape index (κ1) is 20.8. The van der Waals surface area contributed by atoms with E-state index in [4.69, 9.17) is 0 Å². The minimum atomic E-state index is -1.16. The minimum Gasteiger partial charge on any atom is -0.480 e. The third kappa shape index (κ3) is 3.97. The highest BCUT2D eigenvalue weighted by molar-refractivity contribution is 6.07. The standard InChI is InChI=1S/C23H28N2O4/c1-14(2)12-19-21(26)25(20(15(3)4)22(27)28)23(29)24(19)13-17-10-7-9-16-8-5-6-11-18(16)17/h5-11,14-15,19-20H,12-13H2,1-4H3,(H,27,28). The summed E-state index contributed by atoms with van der Waals surface area (Å²) in [6.45, 7) is 7.68. The van der Waals surface area contributed by atoms with Gasteiger partial charge in [-0.25, -0.2) is 14.5 Å². The van der Waals surface area contributed by atoms with Crippen LogP contribution in [0.2, 0.25) is 0 Å². The lowest BCUT2D eigenvalue weighted by molar-refractivity contribution is -0.148. The summed E-state index contributed by atoms with van der Waals surface area (Å²) in [7, 11) is 0. The molecule has 29 heavy (non-hydrogen) atoms. The SMILES string of the molecule is CC(C)CC1C(=O)N(C(C(=O)O)C(C)C)C(=O)N1Cc1cccc2ccccc12. The number of carboxylic acid groups (broad SMARTS) is 1. The lowest BCUT2D eigenvalue weighted by Crippen LogP contribution is -2.48. The van der Waals surface area contributed by atoms with Crippen molar-refractivity contribution in [1.82, 2.24) is 9.80 Å². The van der Waals surface area contributed by atoms with Crippen molar-refractivity contribution < 1.29 is 19.5 Å². The van der Waals surface area contributed by atoms with Gasteiger partial charge in [-0.1, -0.05) is 70.2 Å². The predicted octanol–water partition coefficient (Wildman–Crippen LogP) is 4.13. The van der Waals surface area contributed by atoms with E-state index in [9.17, 15) is 19.5 Å². The summed E-state index contributed by atoms with van der Waals surface area (Å²) >= 11 is 0. The molecule has 6 heteroatoms. The van der Waals surface area contributed by atoms with Crippen LogP contribution >= 0.6 is 0 Å². The van der Waals surface area contributed by atoms with Crippen LogP contribution in [0.1, 0.15) is 39.7 Å². The Morgan fingerprint density at radius 3 is 2.31 bits per heavy atom. The summed E-state index contributed by atoms with van der Waals surface area (Å²) in [4.78, 5) is 40.8. The number of rotatable bonds is 7. The van der Waals surface area contributed by atoms with Crippen LogP contribution in [0.25, 0.3) is 10.8 Å². The predicted molar refractivity (Wildman–Crippen MR) is 111 cm³/mol. The highest BCUT2D eigenvalue weighted by Gasteiger charge is 2.50. The molecule has 0 spiro atoms. The number of aliphatic carboxylic acids is 1. The number of imide groups is 1. The fourth-order valence-corrected chi connectivity index (χ4v) is 4.08. The number of carbonyl (C=O) groups excluding carboxylic acids is 2. The van der Waals surface area contributed by atoms with Crippen molar-refractivity contribution in [2.24, 2.45) is 11.8 Å². The second-order valence-electron chi connectivity index (χ2n) is 8.43. The van der Waals surface area contributed by atoms with Gasteiger partial charge in [0.2, 0.25) is 0 Å². The molecule has 2 atom stereocenters. The first-order valence-electron chi connectivity index (χ1n) is 10.1. The molecular weight excluding hydrogens is 368 g/mol. The zero-order valence-corrected chi connectivity index (χ0v) is 17.3. The second-order valence-corrected chi connectivity index (χ2v) is 8.43. The molecule has 2 aromatic carbocycles. The number of hydrogen-bond donors (Lipinski definition) is 1. The number of benzene rings is 2. The smallest absolute Gasteiger partial charge is 0.328 e. The lowest BCUT2D eigenvalue weighted by Gasteiger charge is -2.26. The van der Waals surface area contributed by atoms with Crippen LogP contribution < -0.4 is 0 Å². The van der Waals surface area contributed by atoms with Gasteiger partial charge in [-0.05, 0) is 34.6 Å². The minimum absolute atomic E-state index is 0.189. The van der Waals surface area contributed by atoms with Crippen molar-refractivity contribution in [3.63, 3.8) is 0 Å². The van der Waals surface area contributed by atoms with Crippen molar-refractivity contribution in [1.29, 1.82) is 0 Å². The molecule has 0 aliphatic carbocycles. The number of amides is 3. The Bertz CT molecular complexity index is 932. The van der Waals surface area contributed by atoms with Gasteiger partial charge < -0.3 is 10.0 Å². The highest BCUT2D eigenvalue weighted by Crippen LogP contribution is 2.30. The molecule has 3 amide bonds. The second kappa shape index (κ2) is 8.23. The van der Waals surface area contributed by atoms with E-state index in [0.29, 0.717) is 6.42 Å². The topological polar surface area (TPSA) is 77.9 Å². The molecule has 1 aliphatic rings. The van der Waals surface area contributed by atoms with Crippen LogP contribution in [-0.2, 0) is 16.1 Å². The summed E-state index contributed by atoms with van der Waals surface area (Å²) in [5.41, 5.74) is 0.941. The molecule has 2 unspecified atom stereocenters. The number of nitrogens with zero attached hydrogens (tertiary/aromatic N) is 2.